The number of hydrogen-bond donors (Lipinski definition) is 1. The Morgan fingerprint density at radius 1 is 1.36 bits per heavy atom. The highest BCUT2D eigenvalue weighted by Gasteiger charge is 2.31. The number of anilines is 1. The summed E-state index contributed by atoms with van der Waals surface area (Å²) in [7, 11) is 0. The standard InChI is InChI=1S/C17H22N2O3/c1-2-16(20)18-12-6-7-15-14(11-12)17(21)19-9-4-3-5-13(19)8-10-22-15/h6-7,11,13H,2-5,8-10H2,1H3,(H,18,20). The van der Waals surface area contributed by atoms with E-state index >= 15 is 0 Å². The molecule has 0 spiro atoms. The number of carbonyl (C=O) groups excluding carboxylic acids is 2. The molecule has 1 aromatic rings. The number of ether oxygens (including phenoxy) is 1. The number of piperidine rings is 1. The van der Waals surface area contributed by atoms with E-state index in [1.165, 1.54) is 6.42 Å². The Labute approximate surface area is 130 Å². The number of amides is 2. The fourth-order valence-electron chi connectivity index (χ4n) is 3.18. The third-order valence-electron chi connectivity index (χ3n) is 4.41. The molecule has 1 saturated heterocycles. The molecule has 1 N–H and O–H groups in total. The number of carbonyl (C=O) groups is 2. The maximum atomic E-state index is 12.9. The first-order valence-corrected chi connectivity index (χ1v) is 8.06. The molecule has 2 aliphatic rings. The maximum Gasteiger partial charge on any atom is 0.257 e. The van der Waals surface area contributed by atoms with Gasteiger partial charge >= 0.3 is 0 Å². The fraction of sp³-hybridized carbons (Fsp3) is 0.529. The van der Waals surface area contributed by atoms with Crippen molar-refractivity contribution in [3.05, 3.63) is 23.8 Å². The number of nitrogens with zero attached hydrogens (tertiary/aromatic N) is 1. The van der Waals surface area contributed by atoms with Crippen molar-refractivity contribution in [2.24, 2.45) is 0 Å². The van der Waals surface area contributed by atoms with Crippen LogP contribution < -0.4 is 10.1 Å². The highest BCUT2D eigenvalue weighted by atomic mass is 16.5. The second-order valence-electron chi connectivity index (χ2n) is 5.90. The first-order chi connectivity index (χ1) is 10.7. The normalized spacial score (nSPS) is 21.0. The van der Waals surface area contributed by atoms with Crippen molar-refractivity contribution in [1.82, 2.24) is 4.90 Å². The van der Waals surface area contributed by atoms with Gasteiger partial charge in [-0.1, -0.05) is 6.92 Å². The molecule has 5 nitrogen and oxygen atoms in total. The lowest BCUT2D eigenvalue weighted by Crippen LogP contribution is -2.45. The van der Waals surface area contributed by atoms with E-state index in [-0.39, 0.29) is 17.9 Å². The van der Waals surface area contributed by atoms with Gasteiger partial charge in [-0.15, -0.1) is 0 Å². The van der Waals surface area contributed by atoms with Gasteiger partial charge in [0.05, 0.1) is 12.2 Å². The van der Waals surface area contributed by atoms with E-state index in [2.05, 4.69) is 5.32 Å². The van der Waals surface area contributed by atoms with E-state index in [0.717, 1.165) is 25.8 Å². The number of rotatable bonds is 2. The topological polar surface area (TPSA) is 58.6 Å². The predicted octanol–water partition coefficient (Wildman–Crippen LogP) is 2.81. The lowest BCUT2D eigenvalue weighted by Gasteiger charge is -2.37. The highest BCUT2D eigenvalue weighted by molar-refractivity contribution is 5.99. The van der Waals surface area contributed by atoms with Crippen molar-refractivity contribution in [2.75, 3.05) is 18.5 Å². The van der Waals surface area contributed by atoms with Gasteiger partial charge in [0.25, 0.3) is 5.91 Å². The molecule has 3 rings (SSSR count). The van der Waals surface area contributed by atoms with E-state index in [1.807, 2.05) is 4.90 Å². The van der Waals surface area contributed by atoms with Crippen molar-refractivity contribution >= 4 is 17.5 Å². The summed E-state index contributed by atoms with van der Waals surface area (Å²) in [5, 5.41) is 2.81. The average Bonchev–Trinajstić information content (AvgIpc) is 2.54. The van der Waals surface area contributed by atoms with Gasteiger partial charge in [0.15, 0.2) is 0 Å². The predicted molar refractivity (Wildman–Crippen MR) is 84.2 cm³/mol. The Morgan fingerprint density at radius 3 is 3.05 bits per heavy atom. The van der Waals surface area contributed by atoms with Crippen molar-refractivity contribution in [2.45, 2.75) is 45.1 Å². The lowest BCUT2D eigenvalue weighted by atomic mass is 9.97. The van der Waals surface area contributed by atoms with Crippen molar-refractivity contribution < 1.29 is 14.3 Å². The summed E-state index contributed by atoms with van der Waals surface area (Å²) in [5.41, 5.74) is 1.21. The minimum atomic E-state index is -0.0602. The molecule has 118 valence electrons. The van der Waals surface area contributed by atoms with Gasteiger partial charge in [-0.05, 0) is 37.5 Å². The van der Waals surface area contributed by atoms with Gasteiger partial charge < -0.3 is 15.0 Å². The first kappa shape index (κ1) is 14.9. The van der Waals surface area contributed by atoms with Gasteiger partial charge in [-0.25, -0.2) is 0 Å². The van der Waals surface area contributed by atoms with Crippen LogP contribution in [0.2, 0.25) is 0 Å². The Morgan fingerprint density at radius 2 is 2.23 bits per heavy atom. The molecule has 1 aromatic carbocycles. The smallest absolute Gasteiger partial charge is 0.257 e. The van der Waals surface area contributed by atoms with Gasteiger partial charge in [-0.2, -0.15) is 0 Å². The van der Waals surface area contributed by atoms with Crippen LogP contribution in [0.15, 0.2) is 18.2 Å². The van der Waals surface area contributed by atoms with Crippen LogP contribution in [0.1, 0.15) is 49.4 Å². The molecule has 0 aromatic heterocycles. The molecule has 0 saturated carbocycles. The number of nitrogens with one attached hydrogen (secondary N) is 1. The quantitative estimate of drug-likeness (QED) is 0.914. The summed E-state index contributed by atoms with van der Waals surface area (Å²) >= 11 is 0. The Hall–Kier alpha value is -2.04. The van der Waals surface area contributed by atoms with Gasteiger partial charge in [0.2, 0.25) is 5.91 Å². The summed E-state index contributed by atoms with van der Waals surface area (Å²) in [6.07, 6.45) is 4.59. The molecule has 0 aliphatic carbocycles. The molecule has 1 unspecified atom stereocenters. The molecule has 5 heteroatoms. The third kappa shape index (κ3) is 2.93. The van der Waals surface area contributed by atoms with Crippen molar-refractivity contribution in [3.8, 4) is 5.75 Å². The molecular weight excluding hydrogens is 280 g/mol. The molecule has 2 aliphatic heterocycles. The molecule has 22 heavy (non-hydrogen) atoms. The fourth-order valence-corrected chi connectivity index (χ4v) is 3.18. The highest BCUT2D eigenvalue weighted by Crippen LogP contribution is 2.30. The zero-order chi connectivity index (χ0) is 15.5. The third-order valence-corrected chi connectivity index (χ3v) is 4.41. The number of fused-ring (bicyclic) bond motifs is 2. The van der Waals surface area contributed by atoms with Crippen LogP contribution in [0.3, 0.4) is 0 Å². The van der Waals surface area contributed by atoms with Crippen molar-refractivity contribution in [1.29, 1.82) is 0 Å². The van der Waals surface area contributed by atoms with Gasteiger partial charge in [0, 0.05) is 31.1 Å². The van der Waals surface area contributed by atoms with Gasteiger partial charge in [0.1, 0.15) is 5.75 Å². The molecule has 2 amide bonds. The second-order valence-corrected chi connectivity index (χ2v) is 5.90. The lowest BCUT2D eigenvalue weighted by molar-refractivity contribution is -0.115. The number of benzene rings is 1. The summed E-state index contributed by atoms with van der Waals surface area (Å²) in [5.74, 6) is 0.575. The minimum Gasteiger partial charge on any atom is -0.493 e. The van der Waals surface area contributed by atoms with Crippen LogP contribution in [-0.4, -0.2) is 35.9 Å². The minimum absolute atomic E-state index is 0.0204. The summed E-state index contributed by atoms with van der Waals surface area (Å²) < 4.78 is 5.77. The monoisotopic (exact) mass is 302 g/mol. The second kappa shape index (κ2) is 6.38. The van der Waals surface area contributed by atoms with Crippen LogP contribution in [-0.2, 0) is 4.79 Å². The molecule has 2 heterocycles. The molecule has 1 atom stereocenters. The summed E-state index contributed by atoms with van der Waals surface area (Å²) in [6.45, 7) is 3.24. The summed E-state index contributed by atoms with van der Waals surface area (Å²) in [4.78, 5) is 26.4. The molecule has 1 fully saturated rings. The average molecular weight is 302 g/mol. The van der Waals surface area contributed by atoms with Crippen LogP contribution >= 0.6 is 0 Å². The SMILES string of the molecule is CCC(=O)Nc1ccc2c(c1)C(=O)N1CCCCC1CCO2. The largest absolute Gasteiger partial charge is 0.493 e. The Balaban J connectivity index is 1.91. The Kier molecular flexibility index (Phi) is 4.32. The zero-order valence-electron chi connectivity index (χ0n) is 12.9. The maximum absolute atomic E-state index is 12.9. The van der Waals surface area contributed by atoms with Crippen LogP contribution in [0.5, 0.6) is 5.75 Å². The number of hydrogen-bond acceptors (Lipinski definition) is 3. The van der Waals surface area contributed by atoms with E-state index in [1.54, 1.807) is 25.1 Å². The van der Waals surface area contributed by atoms with E-state index in [4.69, 9.17) is 4.74 Å². The van der Waals surface area contributed by atoms with Gasteiger partial charge in [-0.3, -0.25) is 9.59 Å². The van der Waals surface area contributed by atoms with E-state index in [9.17, 15) is 9.59 Å². The van der Waals surface area contributed by atoms with Crippen LogP contribution in [0.25, 0.3) is 0 Å². The first-order valence-electron chi connectivity index (χ1n) is 8.06. The molecule has 0 radical (unpaired) electrons. The summed E-state index contributed by atoms with van der Waals surface area (Å²) in [6, 6.07) is 5.59. The van der Waals surface area contributed by atoms with E-state index < -0.39 is 0 Å². The molecule has 0 bridgehead atoms. The van der Waals surface area contributed by atoms with Crippen LogP contribution in [0, 0.1) is 0 Å². The van der Waals surface area contributed by atoms with E-state index in [0.29, 0.717) is 30.0 Å². The Bertz CT molecular complexity index is 585. The van der Waals surface area contributed by atoms with Crippen LogP contribution in [0.4, 0.5) is 5.69 Å². The van der Waals surface area contributed by atoms with Crippen molar-refractivity contribution in [3.63, 3.8) is 0 Å². The zero-order valence-corrected chi connectivity index (χ0v) is 12.9. The molecular formula is C17H22N2O3.